The summed E-state index contributed by atoms with van der Waals surface area (Å²) in [6, 6.07) is 18.1. The molecule has 148 valence electrons. The lowest BCUT2D eigenvalue weighted by atomic mass is 9.84. The Kier molecular flexibility index (Phi) is 5.12. The summed E-state index contributed by atoms with van der Waals surface area (Å²) in [5.74, 6) is -0.399. The van der Waals surface area contributed by atoms with Gasteiger partial charge in [0.25, 0.3) is 5.91 Å². The number of amides is 1. The van der Waals surface area contributed by atoms with Crippen molar-refractivity contribution in [1.29, 1.82) is 0 Å². The van der Waals surface area contributed by atoms with Crippen molar-refractivity contribution in [3.63, 3.8) is 0 Å². The van der Waals surface area contributed by atoms with Crippen LogP contribution in [0.2, 0.25) is 0 Å². The molecular formula is C22H22N4O3. The summed E-state index contributed by atoms with van der Waals surface area (Å²) < 4.78 is 0. The van der Waals surface area contributed by atoms with Crippen LogP contribution in [0.3, 0.4) is 0 Å². The van der Waals surface area contributed by atoms with Crippen molar-refractivity contribution in [1.82, 2.24) is 15.1 Å². The number of nitrogens with zero attached hydrogens (tertiary/aromatic N) is 3. The van der Waals surface area contributed by atoms with Crippen molar-refractivity contribution in [2.45, 2.75) is 32.2 Å². The highest BCUT2D eigenvalue weighted by Crippen LogP contribution is 2.35. The van der Waals surface area contributed by atoms with E-state index in [9.17, 15) is 14.9 Å². The Hall–Kier alpha value is -3.48. The van der Waals surface area contributed by atoms with E-state index in [2.05, 4.69) is 16.3 Å². The summed E-state index contributed by atoms with van der Waals surface area (Å²) in [6.07, 6.45) is 1.20. The Labute approximate surface area is 168 Å². The molecule has 1 N–H and O–H groups in total. The average molecular weight is 390 g/mol. The van der Waals surface area contributed by atoms with Crippen molar-refractivity contribution < 1.29 is 9.72 Å². The second-order valence-corrected chi connectivity index (χ2v) is 7.25. The third-order valence-corrected chi connectivity index (χ3v) is 5.38. The van der Waals surface area contributed by atoms with E-state index in [1.807, 2.05) is 55.5 Å². The number of nitrogens with one attached hydrogen (secondary N) is 1. The second kappa shape index (κ2) is 7.87. The minimum absolute atomic E-state index is 0.0122. The van der Waals surface area contributed by atoms with Gasteiger partial charge in [0, 0.05) is 19.0 Å². The number of carbonyl (C=O) groups excluding carboxylic acids is 1. The zero-order valence-corrected chi connectivity index (χ0v) is 16.2. The second-order valence-electron chi connectivity index (χ2n) is 7.25. The first-order valence-corrected chi connectivity index (χ1v) is 9.73. The van der Waals surface area contributed by atoms with Crippen molar-refractivity contribution in [3.8, 4) is 0 Å². The third-order valence-electron chi connectivity index (χ3n) is 5.38. The molecule has 0 fully saturated rings. The SMILES string of the molecule is CCCc1[nH]nc(C(=O)N2Cc3ccccc3[C@@H](c3ccccc3)C2)c1[N+](=O)[O-]. The number of aromatic nitrogens is 2. The number of benzene rings is 2. The van der Waals surface area contributed by atoms with Gasteiger partial charge in [-0.25, -0.2) is 0 Å². The molecule has 1 aliphatic heterocycles. The number of fused-ring (bicyclic) bond motifs is 1. The van der Waals surface area contributed by atoms with Crippen molar-refractivity contribution in [2.24, 2.45) is 0 Å². The zero-order chi connectivity index (χ0) is 20.4. The number of carbonyl (C=O) groups is 1. The number of nitro groups is 1. The monoisotopic (exact) mass is 390 g/mol. The molecule has 3 aromatic rings. The van der Waals surface area contributed by atoms with Gasteiger partial charge in [-0.15, -0.1) is 0 Å². The van der Waals surface area contributed by atoms with Gasteiger partial charge >= 0.3 is 5.69 Å². The molecule has 1 aromatic heterocycles. The van der Waals surface area contributed by atoms with Crippen molar-refractivity contribution >= 4 is 11.6 Å². The molecule has 0 unspecified atom stereocenters. The minimum atomic E-state index is -0.506. The van der Waals surface area contributed by atoms with E-state index in [1.54, 1.807) is 4.90 Å². The molecule has 1 amide bonds. The lowest BCUT2D eigenvalue weighted by molar-refractivity contribution is -0.385. The highest BCUT2D eigenvalue weighted by Gasteiger charge is 2.35. The quantitative estimate of drug-likeness (QED) is 0.525. The van der Waals surface area contributed by atoms with Gasteiger partial charge in [0.15, 0.2) is 0 Å². The third kappa shape index (κ3) is 3.51. The molecule has 0 saturated heterocycles. The summed E-state index contributed by atoms with van der Waals surface area (Å²) in [7, 11) is 0. The summed E-state index contributed by atoms with van der Waals surface area (Å²) >= 11 is 0. The molecular weight excluding hydrogens is 368 g/mol. The van der Waals surface area contributed by atoms with Crippen LogP contribution >= 0.6 is 0 Å². The minimum Gasteiger partial charge on any atom is -0.332 e. The van der Waals surface area contributed by atoms with Gasteiger partial charge in [-0.2, -0.15) is 5.10 Å². The first-order chi connectivity index (χ1) is 14.1. The van der Waals surface area contributed by atoms with E-state index in [4.69, 9.17) is 0 Å². The first kappa shape index (κ1) is 18.9. The summed E-state index contributed by atoms with van der Waals surface area (Å²) in [6.45, 7) is 2.79. The highest BCUT2D eigenvalue weighted by atomic mass is 16.6. The fourth-order valence-corrected chi connectivity index (χ4v) is 4.02. The van der Waals surface area contributed by atoms with Gasteiger partial charge in [0.1, 0.15) is 5.69 Å². The molecule has 0 spiro atoms. The largest absolute Gasteiger partial charge is 0.332 e. The van der Waals surface area contributed by atoms with Crippen LogP contribution < -0.4 is 0 Å². The number of aryl methyl sites for hydroxylation is 1. The highest BCUT2D eigenvalue weighted by molar-refractivity contribution is 5.96. The molecule has 2 aromatic carbocycles. The number of hydrogen-bond acceptors (Lipinski definition) is 4. The number of aromatic amines is 1. The Morgan fingerprint density at radius 3 is 2.66 bits per heavy atom. The Bertz CT molecular complexity index is 1050. The normalized spacial score (nSPS) is 15.8. The van der Waals surface area contributed by atoms with E-state index in [1.165, 1.54) is 5.56 Å². The molecule has 0 saturated carbocycles. The standard InChI is InChI=1S/C22H22N4O3/c1-2-8-19-21(26(28)29)20(24-23-19)22(27)25-13-16-11-6-7-12-17(16)18(14-25)15-9-4-3-5-10-15/h3-7,9-12,18H,2,8,13-14H2,1H3,(H,23,24)/t18-/m1/s1. The topological polar surface area (TPSA) is 92.1 Å². The van der Waals surface area contributed by atoms with Crippen LogP contribution in [0.15, 0.2) is 54.6 Å². The van der Waals surface area contributed by atoms with E-state index >= 15 is 0 Å². The molecule has 7 nitrogen and oxygen atoms in total. The van der Waals surface area contributed by atoms with Gasteiger partial charge in [0.05, 0.1) is 4.92 Å². The maximum absolute atomic E-state index is 13.3. The Morgan fingerprint density at radius 2 is 1.93 bits per heavy atom. The summed E-state index contributed by atoms with van der Waals surface area (Å²) in [4.78, 5) is 26.1. The van der Waals surface area contributed by atoms with Crippen LogP contribution in [0.1, 0.15) is 52.1 Å². The lowest BCUT2D eigenvalue weighted by Crippen LogP contribution is -2.39. The van der Waals surface area contributed by atoms with E-state index in [0.29, 0.717) is 25.2 Å². The van der Waals surface area contributed by atoms with Gasteiger partial charge in [-0.1, -0.05) is 67.9 Å². The molecule has 1 atom stereocenters. The summed E-state index contributed by atoms with van der Waals surface area (Å²) in [5.41, 5.74) is 3.44. The Balaban J connectivity index is 1.72. The zero-order valence-electron chi connectivity index (χ0n) is 16.2. The van der Waals surface area contributed by atoms with Crippen molar-refractivity contribution in [2.75, 3.05) is 6.54 Å². The fraction of sp³-hybridized carbons (Fsp3) is 0.273. The molecule has 2 heterocycles. The molecule has 29 heavy (non-hydrogen) atoms. The van der Waals surface area contributed by atoms with Crippen LogP contribution in [0.5, 0.6) is 0 Å². The number of rotatable bonds is 5. The summed E-state index contributed by atoms with van der Waals surface area (Å²) in [5, 5.41) is 18.4. The molecule has 1 aliphatic rings. The predicted molar refractivity (Wildman–Crippen MR) is 109 cm³/mol. The maximum Gasteiger partial charge on any atom is 0.322 e. The van der Waals surface area contributed by atoms with Crippen LogP contribution in [-0.2, 0) is 13.0 Å². The number of hydrogen-bond donors (Lipinski definition) is 1. The predicted octanol–water partition coefficient (Wildman–Crippen LogP) is 4.06. The Morgan fingerprint density at radius 1 is 1.21 bits per heavy atom. The van der Waals surface area contributed by atoms with Gasteiger partial charge < -0.3 is 4.90 Å². The lowest BCUT2D eigenvalue weighted by Gasteiger charge is -2.34. The van der Waals surface area contributed by atoms with E-state index in [0.717, 1.165) is 17.5 Å². The number of H-pyrrole nitrogens is 1. The van der Waals surface area contributed by atoms with Crippen LogP contribution in [-0.4, -0.2) is 32.5 Å². The molecule has 0 bridgehead atoms. The molecule has 0 aliphatic carbocycles. The maximum atomic E-state index is 13.3. The molecule has 0 radical (unpaired) electrons. The van der Waals surface area contributed by atoms with Crippen LogP contribution in [0.4, 0.5) is 5.69 Å². The van der Waals surface area contributed by atoms with Crippen LogP contribution in [0.25, 0.3) is 0 Å². The van der Waals surface area contributed by atoms with E-state index < -0.39 is 10.8 Å². The van der Waals surface area contributed by atoms with E-state index in [-0.39, 0.29) is 17.3 Å². The van der Waals surface area contributed by atoms with Gasteiger partial charge in [-0.3, -0.25) is 20.0 Å². The van der Waals surface area contributed by atoms with Crippen LogP contribution in [0, 0.1) is 10.1 Å². The van der Waals surface area contributed by atoms with Gasteiger partial charge in [-0.05, 0) is 23.1 Å². The molecule has 4 rings (SSSR count). The van der Waals surface area contributed by atoms with Crippen molar-refractivity contribution in [3.05, 3.63) is 92.8 Å². The smallest absolute Gasteiger partial charge is 0.322 e. The molecule has 7 heteroatoms. The first-order valence-electron chi connectivity index (χ1n) is 9.73. The average Bonchev–Trinajstić information content (AvgIpc) is 3.17. The fourth-order valence-electron chi connectivity index (χ4n) is 4.02. The van der Waals surface area contributed by atoms with Gasteiger partial charge in [0.2, 0.25) is 5.69 Å².